The Balaban J connectivity index is 2.62. The summed E-state index contributed by atoms with van der Waals surface area (Å²) in [6.07, 6.45) is 3.86. The van der Waals surface area contributed by atoms with E-state index in [1.165, 1.54) is 0 Å². The van der Waals surface area contributed by atoms with Crippen LogP contribution in [-0.4, -0.2) is 29.6 Å². The molecule has 0 N–H and O–H groups in total. The lowest BCUT2D eigenvalue weighted by atomic mass is 10.0. The fraction of sp³-hybridized carbons (Fsp3) is 0.538. The lowest BCUT2D eigenvalue weighted by molar-refractivity contribution is 0.168. The molecule has 0 amide bonds. The van der Waals surface area contributed by atoms with E-state index < -0.39 is 0 Å². The number of nitriles is 1. The SMILES string of the molecule is Cc1cc(OCC(C(C)C)N(C)C#N)ccn1. The third-order valence-electron chi connectivity index (χ3n) is 2.71. The second-order valence-corrected chi connectivity index (χ2v) is 4.47. The Morgan fingerprint density at radius 2 is 2.24 bits per heavy atom. The van der Waals surface area contributed by atoms with Crippen molar-refractivity contribution < 1.29 is 4.74 Å². The van der Waals surface area contributed by atoms with Crippen LogP contribution in [0.25, 0.3) is 0 Å². The highest BCUT2D eigenvalue weighted by Crippen LogP contribution is 2.14. The monoisotopic (exact) mass is 233 g/mol. The Morgan fingerprint density at radius 3 is 2.76 bits per heavy atom. The zero-order valence-corrected chi connectivity index (χ0v) is 10.8. The summed E-state index contributed by atoms with van der Waals surface area (Å²) in [6, 6.07) is 3.81. The van der Waals surface area contributed by atoms with Crippen LogP contribution in [0.5, 0.6) is 5.75 Å². The molecule has 1 heterocycles. The molecule has 0 radical (unpaired) electrons. The molecule has 1 aromatic heterocycles. The van der Waals surface area contributed by atoms with Crippen molar-refractivity contribution in [3.8, 4) is 11.9 Å². The van der Waals surface area contributed by atoms with E-state index >= 15 is 0 Å². The van der Waals surface area contributed by atoms with Crippen LogP contribution in [0.2, 0.25) is 0 Å². The molecule has 0 spiro atoms. The maximum absolute atomic E-state index is 8.91. The average Bonchev–Trinajstić information content (AvgIpc) is 2.28. The Hall–Kier alpha value is -1.76. The number of hydrogen-bond acceptors (Lipinski definition) is 4. The van der Waals surface area contributed by atoms with Crippen molar-refractivity contribution in [3.05, 3.63) is 24.0 Å². The third kappa shape index (κ3) is 3.95. The van der Waals surface area contributed by atoms with Crippen molar-refractivity contribution in [2.75, 3.05) is 13.7 Å². The molecule has 0 aromatic carbocycles. The van der Waals surface area contributed by atoms with Crippen molar-refractivity contribution in [1.29, 1.82) is 5.26 Å². The highest BCUT2D eigenvalue weighted by molar-refractivity contribution is 5.21. The number of hydrogen-bond donors (Lipinski definition) is 0. The Kier molecular flexibility index (Phi) is 4.77. The van der Waals surface area contributed by atoms with Crippen LogP contribution in [0.1, 0.15) is 19.5 Å². The van der Waals surface area contributed by atoms with Gasteiger partial charge in [0.25, 0.3) is 0 Å². The van der Waals surface area contributed by atoms with Crippen LogP contribution >= 0.6 is 0 Å². The van der Waals surface area contributed by atoms with Gasteiger partial charge in [-0.3, -0.25) is 4.98 Å². The molecule has 1 atom stereocenters. The first-order valence-corrected chi connectivity index (χ1v) is 5.72. The normalized spacial score (nSPS) is 12.0. The van der Waals surface area contributed by atoms with Gasteiger partial charge >= 0.3 is 0 Å². The molecule has 4 heteroatoms. The quantitative estimate of drug-likeness (QED) is 0.578. The topological polar surface area (TPSA) is 49.1 Å². The summed E-state index contributed by atoms with van der Waals surface area (Å²) in [6.45, 7) is 6.60. The number of rotatable bonds is 5. The van der Waals surface area contributed by atoms with Gasteiger partial charge < -0.3 is 9.64 Å². The molecule has 92 valence electrons. The van der Waals surface area contributed by atoms with Crippen LogP contribution in [-0.2, 0) is 0 Å². The molecule has 0 aliphatic rings. The highest BCUT2D eigenvalue weighted by atomic mass is 16.5. The number of nitrogens with zero attached hydrogens (tertiary/aromatic N) is 3. The van der Waals surface area contributed by atoms with Crippen LogP contribution in [0.15, 0.2) is 18.3 Å². The fourth-order valence-electron chi connectivity index (χ4n) is 1.62. The van der Waals surface area contributed by atoms with Gasteiger partial charge in [0.15, 0.2) is 6.19 Å². The molecule has 0 saturated heterocycles. The van der Waals surface area contributed by atoms with E-state index in [-0.39, 0.29) is 6.04 Å². The van der Waals surface area contributed by atoms with Crippen molar-refractivity contribution in [1.82, 2.24) is 9.88 Å². The molecule has 0 aliphatic carbocycles. The van der Waals surface area contributed by atoms with Gasteiger partial charge in [0.2, 0.25) is 0 Å². The van der Waals surface area contributed by atoms with Crippen molar-refractivity contribution >= 4 is 0 Å². The second-order valence-electron chi connectivity index (χ2n) is 4.47. The molecular weight excluding hydrogens is 214 g/mol. The van der Waals surface area contributed by atoms with Crippen LogP contribution < -0.4 is 4.74 Å². The number of aromatic nitrogens is 1. The van der Waals surface area contributed by atoms with Gasteiger partial charge in [-0.15, -0.1) is 0 Å². The minimum atomic E-state index is 0.0912. The summed E-state index contributed by atoms with van der Waals surface area (Å²) in [5.74, 6) is 1.16. The molecule has 0 bridgehead atoms. The van der Waals surface area contributed by atoms with Gasteiger partial charge in [-0.25, -0.2) is 0 Å². The predicted octanol–water partition coefficient (Wildman–Crippen LogP) is 2.21. The fourth-order valence-corrected chi connectivity index (χ4v) is 1.62. The van der Waals surface area contributed by atoms with E-state index in [4.69, 9.17) is 10.00 Å². The molecule has 1 aromatic rings. The highest BCUT2D eigenvalue weighted by Gasteiger charge is 2.18. The summed E-state index contributed by atoms with van der Waals surface area (Å²) in [4.78, 5) is 5.75. The Bertz CT molecular complexity index is 398. The van der Waals surface area contributed by atoms with Gasteiger partial charge in [0, 0.05) is 25.0 Å². The van der Waals surface area contributed by atoms with Gasteiger partial charge in [-0.2, -0.15) is 5.26 Å². The Labute approximate surface area is 103 Å². The third-order valence-corrected chi connectivity index (χ3v) is 2.71. The van der Waals surface area contributed by atoms with Crippen molar-refractivity contribution in [2.45, 2.75) is 26.8 Å². The largest absolute Gasteiger partial charge is 0.491 e. The van der Waals surface area contributed by atoms with E-state index in [2.05, 4.69) is 25.0 Å². The van der Waals surface area contributed by atoms with Crippen LogP contribution in [0.4, 0.5) is 0 Å². The summed E-state index contributed by atoms with van der Waals surface area (Å²) in [5.41, 5.74) is 0.928. The second kappa shape index (κ2) is 6.09. The Morgan fingerprint density at radius 1 is 1.53 bits per heavy atom. The maximum Gasteiger partial charge on any atom is 0.179 e. The van der Waals surface area contributed by atoms with Crippen molar-refractivity contribution in [2.24, 2.45) is 5.92 Å². The van der Waals surface area contributed by atoms with Crippen LogP contribution in [0.3, 0.4) is 0 Å². The predicted molar refractivity (Wildman–Crippen MR) is 66.5 cm³/mol. The van der Waals surface area contributed by atoms with Crippen molar-refractivity contribution in [3.63, 3.8) is 0 Å². The first kappa shape index (κ1) is 13.3. The number of aryl methyl sites for hydroxylation is 1. The molecule has 0 fully saturated rings. The average molecular weight is 233 g/mol. The van der Waals surface area contributed by atoms with Gasteiger partial charge in [0.05, 0.1) is 6.04 Å². The number of ether oxygens (including phenoxy) is 1. The zero-order valence-electron chi connectivity index (χ0n) is 10.8. The van der Waals surface area contributed by atoms with E-state index in [1.54, 1.807) is 18.1 Å². The molecule has 0 saturated carbocycles. The first-order chi connectivity index (χ1) is 8.04. The number of pyridine rings is 1. The molecule has 1 rings (SSSR count). The minimum Gasteiger partial charge on any atom is -0.491 e. The van der Waals surface area contributed by atoms with Gasteiger partial charge in [-0.05, 0) is 18.9 Å². The number of likely N-dealkylation sites (N-methyl/N-ethyl adjacent to an activating group) is 1. The van der Waals surface area contributed by atoms with E-state index in [0.717, 1.165) is 11.4 Å². The van der Waals surface area contributed by atoms with Gasteiger partial charge in [-0.1, -0.05) is 13.8 Å². The standard InChI is InChI=1S/C13H19N3O/c1-10(2)13(16(4)9-14)8-17-12-5-6-15-11(3)7-12/h5-7,10,13H,8H2,1-4H3. The molecule has 0 aliphatic heterocycles. The van der Waals surface area contributed by atoms with Gasteiger partial charge in [0.1, 0.15) is 12.4 Å². The minimum absolute atomic E-state index is 0.0912. The van der Waals surface area contributed by atoms with E-state index in [9.17, 15) is 0 Å². The molecule has 4 nitrogen and oxygen atoms in total. The first-order valence-electron chi connectivity index (χ1n) is 5.72. The summed E-state index contributed by atoms with van der Waals surface area (Å²) < 4.78 is 5.70. The van der Waals surface area contributed by atoms with Crippen LogP contribution in [0, 0.1) is 24.3 Å². The molecular formula is C13H19N3O. The summed E-state index contributed by atoms with van der Waals surface area (Å²) >= 11 is 0. The molecule has 1 unspecified atom stereocenters. The van der Waals surface area contributed by atoms with E-state index in [0.29, 0.717) is 12.5 Å². The maximum atomic E-state index is 8.91. The van der Waals surface area contributed by atoms with E-state index in [1.807, 2.05) is 19.1 Å². The summed E-state index contributed by atoms with van der Waals surface area (Å²) in [7, 11) is 1.78. The lowest BCUT2D eigenvalue weighted by Crippen LogP contribution is -2.37. The zero-order chi connectivity index (χ0) is 12.8. The lowest BCUT2D eigenvalue weighted by Gasteiger charge is -2.26. The molecule has 17 heavy (non-hydrogen) atoms. The summed E-state index contributed by atoms with van der Waals surface area (Å²) in [5, 5.41) is 8.91. The smallest absolute Gasteiger partial charge is 0.179 e.